The van der Waals surface area contributed by atoms with Gasteiger partial charge in [-0.05, 0) is 56.2 Å². The Balaban J connectivity index is 1.59. The maximum Gasteiger partial charge on any atom is 0.265 e. The van der Waals surface area contributed by atoms with Crippen molar-refractivity contribution in [3.05, 3.63) is 42.5 Å². The van der Waals surface area contributed by atoms with Gasteiger partial charge in [-0.25, -0.2) is 16.8 Å². The van der Waals surface area contributed by atoms with Gasteiger partial charge in [-0.1, -0.05) is 12.5 Å². The molecule has 166 valence electrons. The van der Waals surface area contributed by atoms with E-state index in [4.69, 9.17) is 4.74 Å². The highest BCUT2D eigenvalue weighted by Gasteiger charge is 2.28. The fourth-order valence-corrected chi connectivity index (χ4v) is 6.18. The van der Waals surface area contributed by atoms with Crippen molar-refractivity contribution < 1.29 is 26.4 Å². The monoisotopic (exact) mass is 465 g/mol. The average Bonchev–Trinajstić information content (AvgIpc) is 2.75. The van der Waals surface area contributed by atoms with E-state index in [1.807, 2.05) is 0 Å². The summed E-state index contributed by atoms with van der Waals surface area (Å²) in [5.74, 6) is 0.00583. The van der Waals surface area contributed by atoms with Crippen LogP contribution in [-0.2, 0) is 24.8 Å². The predicted molar refractivity (Wildman–Crippen MR) is 115 cm³/mol. The average molecular weight is 466 g/mol. The fraction of sp³-hybridized carbons (Fsp3) is 0.350. The Bertz CT molecular complexity index is 1220. The van der Waals surface area contributed by atoms with Gasteiger partial charge in [0.1, 0.15) is 5.75 Å². The van der Waals surface area contributed by atoms with Crippen molar-refractivity contribution in [3.63, 3.8) is 0 Å². The number of carbonyl (C=O) groups is 1. The molecule has 31 heavy (non-hydrogen) atoms. The van der Waals surface area contributed by atoms with Crippen LogP contribution in [0, 0.1) is 0 Å². The second-order valence-corrected chi connectivity index (χ2v) is 11.1. The summed E-state index contributed by atoms with van der Waals surface area (Å²) in [6, 6.07) is 9.88. The van der Waals surface area contributed by atoms with Crippen molar-refractivity contribution in [2.24, 2.45) is 0 Å². The van der Waals surface area contributed by atoms with Gasteiger partial charge in [0.15, 0.2) is 6.10 Å². The van der Waals surface area contributed by atoms with Crippen molar-refractivity contribution in [2.75, 3.05) is 23.1 Å². The van der Waals surface area contributed by atoms with Crippen LogP contribution >= 0.6 is 0 Å². The van der Waals surface area contributed by atoms with E-state index in [0.29, 0.717) is 18.8 Å². The standard InChI is InChI=1S/C20H23N3O6S2/c1-14-20(24)21-18-13-16(8-9-19(18)29-14)30(25,26)22-15-6-5-7-17(12-15)31(27,28)23-10-3-2-4-11-23/h5-9,12-14,22H,2-4,10-11H2,1H3,(H,21,24)/t14-/m1/s1. The fourth-order valence-electron chi connectivity index (χ4n) is 3.54. The van der Waals surface area contributed by atoms with E-state index in [0.717, 1.165) is 19.3 Å². The summed E-state index contributed by atoms with van der Waals surface area (Å²) in [6.07, 6.45) is 1.95. The molecule has 2 aromatic carbocycles. The number of ether oxygens (including phenoxy) is 1. The molecule has 0 aliphatic carbocycles. The minimum Gasteiger partial charge on any atom is -0.479 e. The molecule has 2 aromatic rings. The number of rotatable bonds is 5. The van der Waals surface area contributed by atoms with Gasteiger partial charge in [0.2, 0.25) is 10.0 Å². The van der Waals surface area contributed by atoms with Crippen LogP contribution in [-0.4, -0.2) is 46.2 Å². The number of sulfonamides is 2. The number of fused-ring (bicyclic) bond motifs is 1. The van der Waals surface area contributed by atoms with Crippen LogP contribution in [0.4, 0.5) is 11.4 Å². The van der Waals surface area contributed by atoms with Crippen LogP contribution < -0.4 is 14.8 Å². The van der Waals surface area contributed by atoms with E-state index in [1.165, 1.54) is 46.8 Å². The minimum atomic E-state index is -4.03. The number of carbonyl (C=O) groups excluding carboxylic acids is 1. The highest BCUT2D eigenvalue weighted by Crippen LogP contribution is 2.32. The first-order valence-electron chi connectivity index (χ1n) is 9.91. The number of piperidine rings is 1. The van der Waals surface area contributed by atoms with Gasteiger partial charge in [-0.3, -0.25) is 9.52 Å². The Labute approximate surface area is 181 Å². The van der Waals surface area contributed by atoms with Crippen molar-refractivity contribution in [1.82, 2.24) is 4.31 Å². The summed E-state index contributed by atoms with van der Waals surface area (Å²) in [5.41, 5.74) is 0.386. The van der Waals surface area contributed by atoms with E-state index in [1.54, 1.807) is 6.92 Å². The molecule has 1 fully saturated rings. The number of anilines is 2. The molecule has 2 N–H and O–H groups in total. The third-order valence-corrected chi connectivity index (χ3v) is 8.50. The van der Waals surface area contributed by atoms with Crippen molar-refractivity contribution in [2.45, 2.75) is 42.1 Å². The molecule has 4 rings (SSSR count). The van der Waals surface area contributed by atoms with E-state index in [9.17, 15) is 21.6 Å². The summed E-state index contributed by atoms with van der Waals surface area (Å²) < 4.78 is 60.8. The molecule has 9 nitrogen and oxygen atoms in total. The zero-order valence-electron chi connectivity index (χ0n) is 16.9. The first kappa shape index (κ1) is 21.6. The highest BCUT2D eigenvalue weighted by atomic mass is 32.2. The SMILES string of the molecule is C[C@H]1Oc2ccc(S(=O)(=O)Nc3cccc(S(=O)(=O)N4CCCCC4)c3)cc2NC1=O. The van der Waals surface area contributed by atoms with Crippen LogP contribution in [0.3, 0.4) is 0 Å². The molecule has 1 saturated heterocycles. The van der Waals surface area contributed by atoms with Gasteiger partial charge >= 0.3 is 0 Å². The summed E-state index contributed by atoms with van der Waals surface area (Å²) in [4.78, 5) is 11.8. The third kappa shape index (κ3) is 4.39. The molecule has 0 spiro atoms. The van der Waals surface area contributed by atoms with E-state index < -0.39 is 26.2 Å². The van der Waals surface area contributed by atoms with Crippen LogP contribution in [0.5, 0.6) is 5.75 Å². The second-order valence-electron chi connectivity index (χ2n) is 7.51. The lowest BCUT2D eigenvalue weighted by Gasteiger charge is -2.26. The Morgan fingerprint density at radius 2 is 1.74 bits per heavy atom. The van der Waals surface area contributed by atoms with Crippen molar-refractivity contribution in [3.8, 4) is 5.75 Å². The molecule has 11 heteroatoms. The topological polar surface area (TPSA) is 122 Å². The van der Waals surface area contributed by atoms with Gasteiger partial charge in [0.25, 0.3) is 15.9 Å². The molecule has 0 aromatic heterocycles. The smallest absolute Gasteiger partial charge is 0.265 e. The molecular formula is C20H23N3O6S2. The van der Waals surface area contributed by atoms with Crippen molar-refractivity contribution >= 4 is 37.3 Å². The summed E-state index contributed by atoms with van der Waals surface area (Å²) >= 11 is 0. The highest BCUT2D eigenvalue weighted by molar-refractivity contribution is 7.92. The number of benzene rings is 2. The van der Waals surface area contributed by atoms with Crippen LogP contribution in [0.15, 0.2) is 52.3 Å². The van der Waals surface area contributed by atoms with Gasteiger partial charge < -0.3 is 10.1 Å². The summed E-state index contributed by atoms with van der Waals surface area (Å²) in [6.45, 7) is 2.51. The summed E-state index contributed by atoms with van der Waals surface area (Å²) in [5, 5.41) is 2.61. The lowest BCUT2D eigenvalue weighted by molar-refractivity contribution is -0.122. The molecule has 0 bridgehead atoms. The summed E-state index contributed by atoms with van der Waals surface area (Å²) in [7, 11) is -7.72. The molecule has 0 unspecified atom stereocenters. The largest absolute Gasteiger partial charge is 0.479 e. The van der Waals surface area contributed by atoms with Crippen LogP contribution in [0.1, 0.15) is 26.2 Å². The Kier molecular flexibility index (Phi) is 5.67. The second kappa shape index (κ2) is 8.13. The molecule has 0 saturated carbocycles. The Morgan fingerprint density at radius 3 is 2.48 bits per heavy atom. The zero-order valence-corrected chi connectivity index (χ0v) is 18.5. The quantitative estimate of drug-likeness (QED) is 0.699. The van der Waals surface area contributed by atoms with E-state index in [2.05, 4.69) is 10.0 Å². The normalized spacial score (nSPS) is 19.8. The molecule has 2 heterocycles. The van der Waals surface area contributed by atoms with Crippen molar-refractivity contribution in [1.29, 1.82) is 0 Å². The van der Waals surface area contributed by atoms with E-state index in [-0.39, 0.29) is 27.1 Å². The maximum atomic E-state index is 12.9. The predicted octanol–water partition coefficient (Wildman–Crippen LogP) is 2.38. The van der Waals surface area contributed by atoms with Gasteiger partial charge in [-0.15, -0.1) is 0 Å². The van der Waals surface area contributed by atoms with Crippen LogP contribution in [0.25, 0.3) is 0 Å². The Morgan fingerprint density at radius 1 is 1.00 bits per heavy atom. The Hall–Kier alpha value is -2.63. The van der Waals surface area contributed by atoms with Gasteiger partial charge in [0, 0.05) is 13.1 Å². The first-order valence-corrected chi connectivity index (χ1v) is 12.8. The molecule has 1 amide bonds. The number of hydrogen-bond acceptors (Lipinski definition) is 6. The number of nitrogens with one attached hydrogen (secondary N) is 2. The maximum absolute atomic E-state index is 12.9. The third-order valence-electron chi connectivity index (χ3n) is 5.23. The molecule has 2 aliphatic heterocycles. The minimum absolute atomic E-state index is 0.0368. The van der Waals surface area contributed by atoms with Crippen LogP contribution in [0.2, 0.25) is 0 Å². The molecule has 2 aliphatic rings. The molecular weight excluding hydrogens is 442 g/mol. The zero-order chi connectivity index (χ0) is 22.2. The molecule has 0 radical (unpaired) electrons. The number of hydrogen-bond donors (Lipinski definition) is 2. The number of nitrogens with zero attached hydrogens (tertiary/aromatic N) is 1. The lowest BCUT2D eigenvalue weighted by atomic mass is 10.2. The number of amides is 1. The van der Waals surface area contributed by atoms with Gasteiger partial charge in [0.05, 0.1) is 21.2 Å². The first-order chi connectivity index (χ1) is 14.7. The van der Waals surface area contributed by atoms with Gasteiger partial charge in [-0.2, -0.15) is 4.31 Å². The lowest BCUT2D eigenvalue weighted by Crippen LogP contribution is -2.35. The molecule has 1 atom stereocenters. The van der Waals surface area contributed by atoms with E-state index >= 15 is 0 Å².